The molecule has 5 nitrogen and oxygen atoms in total. The van der Waals surface area contributed by atoms with E-state index in [1.165, 1.54) is 11.1 Å². The van der Waals surface area contributed by atoms with Crippen molar-refractivity contribution in [2.24, 2.45) is 5.73 Å². The van der Waals surface area contributed by atoms with Gasteiger partial charge in [0.1, 0.15) is 0 Å². The van der Waals surface area contributed by atoms with Gasteiger partial charge in [-0.2, -0.15) is 4.98 Å². The second-order valence-corrected chi connectivity index (χ2v) is 7.02. The Morgan fingerprint density at radius 3 is 2.44 bits per heavy atom. The summed E-state index contributed by atoms with van der Waals surface area (Å²) in [5.74, 6) is 1.73. The van der Waals surface area contributed by atoms with Crippen LogP contribution in [0, 0.1) is 0 Å². The van der Waals surface area contributed by atoms with E-state index in [9.17, 15) is 0 Å². The van der Waals surface area contributed by atoms with E-state index in [2.05, 4.69) is 58.4 Å². The number of likely N-dealkylation sites (tertiary alicyclic amines) is 1. The number of rotatable bonds is 5. The van der Waals surface area contributed by atoms with Crippen LogP contribution in [0.5, 0.6) is 0 Å². The fourth-order valence-electron chi connectivity index (χ4n) is 3.67. The van der Waals surface area contributed by atoms with E-state index in [4.69, 9.17) is 10.3 Å². The summed E-state index contributed by atoms with van der Waals surface area (Å²) >= 11 is 0. The van der Waals surface area contributed by atoms with Gasteiger partial charge in [0.05, 0.1) is 6.04 Å². The van der Waals surface area contributed by atoms with Crippen LogP contribution < -0.4 is 5.73 Å². The van der Waals surface area contributed by atoms with E-state index >= 15 is 0 Å². The number of nitrogens with zero attached hydrogens (tertiary/aromatic N) is 3. The molecular formula is C21H25ClN4O. The number of halogens is 1. The molecule has 4 rings (SSSR count). The first-order chi connectivity index (χ1) is 12.7. The molecule has 1 aromatic heterocycles. The Morgan fingerprint density at radius 1 is 1.07 bits per heavy atom. The van der Waals surface area contributed by atoms with E-state index in [0.29, 0.717) is 18.2 Å². The molecule has 0 aliphatic carbocycles. The summed E-state index contributed by atoms with van der Waals surface area (Å²) in [6.45, 7) is 3.85. The van der Waals surface area contributed by atoms with Crippen LogP contribution >= 0.6 is 12.4 Å². The molecule has 1 unspecified atom stereocenters. The Kier molecular flexibility index (Phi) is 6.26. The zero-order valence-corrected chi connectivity index (χ0v) is 16.2. The summed E-state index contributed by atoms with van der Waals surface area (Å²) in [5, 5.41) is 4.16. The monoisotopic (exact) mass is 384 g/mol. The van der Waals surface area contributed by atoms with Gasteiger partial charge in [-0.05, 0) is 18.1 Å². The molecule has 3 aromatic rings. The molecule has 142 valence electrons. The first kappa shape index (κ1) is 19.5. The summed E-state index contributed by atoms with van der Waals surface area (Å²) in [7, 11) is 0. The van der Waals surface area contributed by atoms with Crippen molar-refractivity contribution in [2.75, 3.05) is 13.1 Å². The lowest BCUT2D eigenvalue weighted by Crippen LogP contribution is -2.30. The maximum Gasteiger partial charge on any atom is 0.243 e. The van der Waals surface area contributed by atoms with Gasteiger partial charge >= 0.3 is 0 Å². The second kappa shape index (κ2) is 8.65. The molecule has 27 heavy (non-hydrogen) atoms. The Hall–Kier alpha value is -2.21. The predicted octanol–water partition coefficient (Wildman–Crippen LogP) is 3.57. The smallest absolute Gasteiger partial charge is 0.243 e. The minimum atomic E-state index is 0. The molecule has 1 fully saturated rings. The van der Waals surface area contributed by atoms with E-state index in [-0.39, 0.29) is 24.5 Å². The van der Waals surface area contributed by atoms with Crippen LogP contribution in [0.3, 0.4) is 0 Å². The Balaban J connectivity index is 0.00000210. The molecule has 0 bridgehead atoms. The van der Waals surface area contributed by atoms with Crippen LogP contribution in [0.1, 0.15) is 41.7 Å². The van der Waals surface area contributed by atoms with Crippen LogP contribution in [0.4, 0.5) is 0 Å². The molecule has 0 saturated carbocycles. The van der Waals surface area contributed by atoms with Crippen LogP contribution in [-0.2, 0) is 6.42 Å². The molecule has 1 aliphatic heterocycles. The molecule has 0 spiro atoms. The van der Waals surface area contributed by atoms with Gasteiger partial charge in [-0.3, -0.25) is 4.90 Å². The molecule has 2 N–H and O–H groups in total. The molecule has 2 heterocycles. The highest BCUT2D eigenvalue weighted by Crippen LogP contribution is 2.31. The summed E-state index contributed by atoms with van der Waals surface area (Å²) < 4.78 is 5.54. The molecule has 1 aliphatic rings. The Morgan fingerprint density at radius 2 is 1.74 bits per heavy atom. The molecule has 3 atom stereocenters. The van der Waals surface area contributed by atoms with Crippen LogP contribution in [0.15, 0.2) is 65.2 Å². The van der Waals surface area contributed by atoms with Crippen molar-refractivity contribution in [1.82, 2.24) is 15.0 Å². The third-order valence-electron chi connectivity index (χ3n) is 5.22. The predicted molar refractivity (Wildman–Crippen MR) is 108 cm³/mol. The normalized spacial score (nSPS) is 21.0. The fraction of sp³-hybridized carbons (Fsp3) is 0.333. The SMILES string of the molecule is CC(c1nc(Cc2ccccc2)no1)N1C[C@@H](N)[C@H](c2ccccc2)C1.Cl. The van der Waals surface area contributed by atoms with E-state index in [1.807, 2.05) is 24.3 Å². The van der Waals surface area contributed by atoms with Crippen molar-refractivity contribution in [3.05, 3.63) is 83.5 Å². The molecule has 0 amide bonds. The van der Waals surface area contributed by atoms with Crippen molar-refractivity contribution >= 4 is 12.4 Å². The first-order valence-electron chi connectivity index (χ1n) is 9.11. The summed E-state index contributed by atoms with van der Waals surface area (Å²) in [4.78, 5) is 6.95. The first-order valence-corrected chi connectivity index (χ1v) is 9.11. The van der Waals surface area contributed by atoms with Crippen LogP contribution in [0.25, 0.3) is 0 Å². The standard InChI is InChI=1S/C21H24N4O.ClH/c1-15(21-23-20(24-26-21)12-16-8-4-2-5-9-16)25-13-18(19(22)14-25)17-10-6-3-7-11-17;/h2-11,15,18-19H,12-14,22H2,1H3;1H/t15?,18-,19+;/m0./s1. The summed E-state index contributed by atoms with van der Waals surface area (Å²) in [5.41, 5.74) is 8.89. The number of nitrogens with two attached hydrogens (primary N) is 1. The fourth-order valence-corrected chi connectivity index (χ4v) is 3.67. The van der Waals surface area contributed by atoms with Gasteiger partial charge in [0.25, 0.3) is 0 Å². The summed E-state index contributed by atoms with van der Waals surface area (Å²) in [6.07, 6.45) is 0.684. The van der Waals surface area contributed by atoms with Crippen molar-refractivity contribution in [2.45, 2.75) is 31.3 Å². The van der Waals surface area contributed by atoms with Gasteiger partial charge in [0.15, 0.2) is 5.82 Å². The van der Waals surface area contributed by atoms with Crippen LogP contribution in [-0.4, -0.2) is 34.2 Å². The van der Waals surface area contributed by atoms with E-state index < -0.39 is 0 Å². The van der Waals surface area contributed by atoms with Gasteiger partial charge in [0, 0.05) is 31.5 Å². The molecule has 0 radical (unpaired) electrons. The van der Waals surface area contributed by atoms with E-state index in [1.54, 1.807) is 0 Å². The maximum absolute atomic E-state index is 6.42. The van der Waals surface area contributed by atoms with Gasteiger partial charge in [0.2, 0.25) is 5.89 Å². The molecule has 1 saturated heterocycles. The maximum atomic E-state index is 6.42. The quantitative estimate of drug-likeness (QED) is 0.728. The van der Waals surface area contributed by atoms with Crippen LogP contribution in [0.2, 0.25) is 0 Å². The largest absolute Gasteiger partial charge is 0.338 e. The number of benzene rings is 2. The van der Waals surface area contributed by atoms with Crippen molar-refractivity contribution in [1.29, 1.82) is 0 Å². The Bertz CT molecular complexity index is 840. The topological polar surface area (TPSA) is 68.2 Å². The number of hydrogen-bond donors (Lipinski definition) is 1. The minimum Gasteiger partial charge on any atom is -0.338 e. The van der Waals surface area contributed by atoms with Gasteiger partial charge in [-0.25, -0.2) is 0 Å². The van der Waals surface area contributed by atoms with E-state index in [0.717, 1.165) is 18.9 Å². The zero-order chi connectivity index (χ0) is 17.9. The summed E-state index contributed by atoms with van der Waals surface area (Å²) in [6, 6.07) is 20.9. The lowest BCUT2D eigenvalue weighted by atomic mass is 9.95. The average molecular weight is 385 g/mol. The highest BCUT2D eigenvalue weighted by atomic mass is 35.5. The molecular weight excluding hydrogens is 360 g/mol. The van der Waals surface area contributed by atoms with Crippen molar-refractivity contribution < 1.29 is 4.52 Å². The second-order valence-electron chi connectivity index (χ2n) is 7.02. The van der Waals surface area contributed by atoms with Gasteiger partial charge < -0.3 is 10.3 Å². The third-order valence-corrected chi connectivity index (χ3v) is 5.22. The van der Waals surface area contributed by atoms with Gasteiger partial charge in [-0.15, -0.1) is 12.4 Å². The zero-order valence-electron chi connectivity index (χ0n) is 15.4. The third kappa shape index (κ3) is 4.38. The highest BCUT2D eigenvalue weighted by molar-refractivity contribution is 5.85. The van der Waals surface area contributed by atoms with Crippen molar-refractivity contribution in [3.63, 3.8) is 0 Å². The van der Waals surface area contributed by atoms with Gasteiger partial charge in [-0.1, -0.05) is 65.8 Å². The number of aromatic nitrogens is 2. The lowest BCUT2D eigenvalue weighted by Gasteiger charge is -2.20. The Labute approximate surface area is 166 Å². The number of hydrogen-bond acceptors (Lipinski definition) is 5. The highest BCUT2D eigenvalue weighted by Gasteiger charge is 2.35. The van der Waals surface area contributed by atoms with Crippen molar-refractivity contribution in [3.8, 4) is 0 Å². The molecule has 6 heteroatoms. The molecule has 2 aromatic carbocycles. The minimum absolute atomic E-state index is 0. The average Bonchev–Trinajstić information content (AvgIpc) is 3.29. The lowest BCUT2D eigenvalue weighted by molar-refractivity contribution is 0.205.